The molecule has 1 aromatic carbocycles. The van der Waals surface area contributed by atoms with Gasteiger partial charge in [0.1, 0.15) is 0 Å². The number of aliphatic carboxylic acids is 1. The summed E-state index contributed by atoms with van der Waals surface area (Å²) in [6.07, 6.45) is -4.86. The average molecular weight is 261 g/mol. The molecule has 0 bridgehead atoms. The summed E-state index contributed by atoms with van der Waals surface area (Å²) < 4.78 is 38.1. The number of carboxylic acids is 1. The van der Waals surface area contributed by atoms with Crippen LogP contribution in [0.1, 0.15) is 18.1 Å². The van der Waals surface area contributed by atoms with E-state index >= 15 is 0 Å². The van der Waals surface area contributed by atoms with Crippen LogP contribution < -0.4 is 5.32 Å². The Morgan fingerprint density at radius 3 is 2.33 bits per heavy atom. The molecule has 1 unspecified atom stereocenters. The van der Waals surface area contributed by atoms with Crippen molar-refractivity contribution in [2.24, 2.45) is 0 Å². The molecule has 0 saturated carbocycles. The van der Waals surface area contributed by atoms with Crippen LogP contribution in [0.15, 0.2) is 24.3 Å². The minimum atomic E-state index is -4.86. The van der Waals surface area contributed by atoms with E-state index in [0.717, 1.165) is 5.56 Å². The number of carboxylic acid groups (broad SMARTS) is 1. The number of hydrogen-bond donors (Lipinski definition) is 2. The highest BCUT2D eigenvalue weighted by molar-refractivity contribution is 5.79. The third kappa shape index (κ3) is 2.81. The van der Waals surface area contributed by atoms with Gasteiger partial charge in [0.2, 0.25) is 5.54 Å². The monoisotopic (exact) mass is 261 g/mol. The van der Waals surface area contributed by atoms with Gasteiger partial charge in [0.15, 0.2) is 0 Å². The van der Waals surface area contributed by atoms with Gasteiger partial charge in [-0.25, -0.2) is 4.79 Å². The molecule has 0 aliphatic heterocycles. The molecule has 0 aromatic heterocycles. The van der Waals surface area contributed by atoms with E-state index in [2.05, 4.69) is 5.32 Å². The Balaban J connectivity index is 2.89. The Morgan fingerprint density at radius 2 is 1.89 bits per heavy atom. The molecule has 0 aliphatic rings. The van der Waals surface area contributed by atoms with Crippen LogP contribution in [0.2, 0.25) is 0 Å². The fraction of sp³-hybridized carbons (Fsp3) is 0.417. The van der Waals surface area contributed by atoms with Crippen LogP contribution in [0, 0.1) is 6.92 Å². The standard InChI is InChI=1S/C12H14F3NO2/c1-8-5-3-4-6-9(8)7-16-11(2,10(17)18)12(13,14)15/h3-6,16H,7H2,1-2H3,(H,17,18). The van der Waals surface area contributed by atoms with E-state index in [-0.39, 0.29) is 6.54 Å². The highest BCUT2D eigenvalue weighted by atomic mass is 19.4. The molecular formula is C12H14F3NO2. The zero-order valence-corrected chi connectivity index (χ0v) is 10.0. The molecule has 1 aromatic rings. The zero-order chi connectivity index (χ0) is 14.0. The number of rotatable bonds is 4. The molecule has 0 aliphatic carbocycles. The molecule has 0 fully saturated rings. The topological polar surface area (TPSA) is 49.3 Å². The molecule has 6 heteroatoms. The van der Waals surface area contributed by atoms with Crippen molar-refractivity contribution in [3.05, 3.63) is 35.4 Å². The summed E-state index contributed by atoms with van der Waals surface area (Å²) in [6, 6.07) is 6.86. The lowest BCUT2D eigenvalue weighted by Gasteiger charge is -2.29. The Kier molecular flexibility index (Phi) is 4.01. The van der Waals surface area contributed by atoms with E-state index < -0.39 is 17.7 Å². The van der Waals surface area contributed by atoms with Gasteiger partial charge in [-0.1, -0.05) is 24.3 Å². The number of benzene rings is 1. The van der Waals surface area contributed by atoms with Gasteiger partial charge in [0, 0.05) is 6.54 Å². The molecule has 3 nitrogen and oxygen atoms in total. The summed E-state index contributed by atoms with van der Waals surface area (Å²) in [5, 5.41) is 10.8. The minimum Gasteiger partial charge on any atom is -0.480 e. The summed E-state index contributed by atoms with van der Waals surface area (Å²) in [5.41, 5.74) is -1.51. The lowest BCUT2D eigenvalue weighted by molar-refractivity contribution is -0.206. The third-order valence-electron chi connectivity index (χ3n) is 2.89. The third-order valence-corrected chi connectivity index (χ3v) is 2.89. The smallest absolute Gasteiger partial charge is 0.417 e. The zero-order valence-electron chi connectivity index (χ0n) is 10.0. The molecule has 1 rings (SSSR count). The Bertz CT molecular complexity index is 445. The van der Waals surface area contributed by atoms with Gasteiger partial charge in [-0.15, -0.1) is 0 Å². The molecule has 2 N–H and O–H groups in total. The maximum absolute atomic E-state index is 12.7. The first-order chi connectivity index (χ1) is 8.18. The maximum atomic E-state index is 12.7. The number of aryl methyl sites for hydroxylation is 1. The Labute approximate surface area is 103 Å². The summed E-state index contributed by atoms with van der Waals surface area (Å²) in [7, 11) is 0. The summed E-state index contributed by atoms with van der Waals surface area (Å²) in [4.78, 5) is 10.8. The lowest BCUT2D eigenvalue weighted by Crippen LogP contribution is -2.59. The van der Waals surface area contributed by atoms with Gasteiger partial charge in [0.05, 0.1) is 0 Å². The predicted molar refractivity (Wildman–Crippen MR) is 60.1 cm³/mol. The summed E-state index contributed by atoms with van der Waals surface area (Å²) in [5.74, 6) is -1.94. The molecule has 0 radical (unpaired) electrons. The van der Waals surface area contributed by atoms with Crippen LogP contribution in [-0.4, -0.2) is 22.8 Å². The van der Waals surface area contributed by atoms with Crippen molar-refractivity contribution in [1.82, 2.24) is 5.32 Å². The van der Waals surface area contributed by atoms with Gasteiger partial charge >= 0.3 is 12.1 Å². The van der Waals surface area contributed by atoms with Crippen molar-refractivity contribution < 1.29 is 23.1 Å². The SMILES string of the molecule is Cc1ccccc1CNC(C)(C(=O)O)C(F)(F)F. The second-order valence-corrected chi connectivity index (χ2v) is 4.21. The summed E-state index contributed by atoms with van der Waals surface area (Å²) in [6.45, 7) is 2.21. The van der Waals surface area contributed by atoms with E-state index in [1.165, 1.54) is 0 Å². The fourth-order valence-electron chi connectivity index (χ4n) is 1.38. The molecule has 1 atom stereocenters. The van der Waals surface area contributed by atoms with Gasteiger partial charge < -0.3 is 5.11 Å². The van der Waals surface area contributed by atoms with Crippen molar-refractivity contribution >= 4 is 5.97 Å². The number of nitrogens with one attached hydrogen (secondary N) is 1. The van der Waals surface area contributed by atoms with Crippen LogP contribution in [0.4, 0.5) is 13.2 Å². The predicted octanol–water partition coefficient (Wildman–Crippen LogP) is 2.49. The van der Waals surface area contributed by atoms with E-state index in [0.29, 0.717) is 12.5 Å². The van der Waals surface area contributed by atoms with Gasteiger partial charge in [-0.2, -0.15) is 13.2 Å². The van der Waals surface area contributed by atoms with E-state index in [4.69, 9.17) is 5.11 Å². The first kappa shape index (κ1) is 14.5. The van der Waals surface area contributed by atoms with Crippen LogP contribution >= 0.6 is 0 Å². The number of carbonyl (C=O) groups is 1. The van der Waals surface area contributed by atoms with E-state index in [9.17, 15) is 18.0 Å². The highest BCUT2D eigenvalue weighted by Crippen LogP contribution is 2.30. The van der Waals surface area contributed by atoms with Crippen molar-refractivity contribution in [2.75, 3.05) is 0 Å². The summed E-state index contributed by atoms with van der Waals surface area (Å²) >= 11 is 0. The maximum Gasteiger partial charge on any atom is 0.417 e. The fourth-order valence-corrected chi connectivity index (χ4v) is 1.38. The van der Waals surface area contributed by atoms with E-state index in [1.807, 2.05) is 0 Å². The van der Waals surface area contributed by atoms with Gasteiger partial charge in [0.25, 0.3) is 0 Å². The molecule has 18 heavy (non-hydrogen) atoms. The van der Waals surface area contributed by atoms with Crippen molar-refractivity contribution in [2.45, 2.75) is 32.1 Å². The van der Waals surface area contributed by atoms with Crippen LogP contribution in [-0.2, 0) is 11.3 Å². The molecule has 100 valence electrons. The Hall–Kier alpha value is -1.56. The van der Waals surface area contributed by atoms with Crippen LogP contribution in [0.3, 0.4) is 0 Å². The normalized spacial score (nSPS) is 15.2. The lowest BCUT2D eigenvalue weighted by atomic mass is 10.0. The van der Waals surface area contributed by atoms with Gasteiger partial charge in [-0.3, -0.25) is 5.32 Å². The molecule has 0 saturated heterocycles. The number of halogens is 3. The first-order valence-corrected chi connectivity index (χ1v) is 5.28. The molecular weight excluding hydrogens is 247 g/mol. The van der Waals surface area contributed by atoms with Crippen LogP contribution in [0.5, 0.6) is 0 Å². The van der Waals surface area contributed by atoms with Crippen molar-refractivity contribution in [1.29, 1.82) is 0 Å². The second kappa shape index (κ2) is 4.97. The number of alkyl halides is 3. The largest absolute Gasteiger partial charge is 0.480 e. The second-order valence-electron chi connectivity index (χ2n) is 4.21. The van der Waals surface area contributed by atoms with Crippen molar-refractivity contribution in [3.63, 3.8) is 0 Å². The molecule has 0 spiro atoms. The number of hydrogen-bond acceptors (Lipinski definition) is 2. The Morgan fingerprint density at radius 1 is 1.33 bits per heavy atom. The first-order valence-electron chi connectivity index (χ1n) is 5.28. The molecule has 0 amide bonds. The average Bonchev–Trinajstić information content (AvgIpc) is 2.25. The minimum absolute atomic E-state index is 0.158. The van der Waals surface area contributed by atoms with E-state index in [1.54, 1.807) is 31.2 Å². The quantitative estimate of drug-likeness (QED) is 0.875. The van der Waals surface area contributed by atoms with Crippen molar-refractivity contribution in [3.8, 4) is 0 Å². The van der Waals surface area contributed by atoms with Crippen LogP contribution in [0.25, 0.3) is 0 Å². The highest BCUT2D eigenvalue weighted by Gasteiger charge is 2.57. The van der Waals surface area contributed by atoms with Gasteiger partial charge in [-0.05, 0) is 25.0 Å². The molecule has 0 heterocycles.